The zero-order valence-corrected chi connectivity index (χ0v) is 19.1. The number of phenolic OH excluding ortho intramolecular Hbond substituents is 1. The van der Waals surface area contributed by atoms with Gasteiger partial charge in [0.2, 0.25) is 11.6 Å². The van der Waals surface area contributed by atoms with Crippen molar-refractivity contribution in [3.63, 3.8) is 0 Å². The number of nitrogens with one attached hydrogen (secondary N) is 1. The first-order chi connectivity index (χ1) is 15.5. The van der Waals surface area contributed by atoms with Crippen LogP contribution in [0, 0.1) is 0 Å². The average molecular weight is 476 g/mol. The van der Waals surface area contributed by atoms with Crippen molar-refractivity contribution in [2.45, 2.75) is 45.7 Å². The van der Waals surface area contributed by atoms with Gasteiger partial charge in [-0.05, 0) is 55.7 Å². The fraction of sp³-hybridized carbons (Fsp3) is 0.400. The maximum Gasteiger partial charge on any atom is 0.293 e. The number of hydrogen-bond donors (Lipinski definition) is 3. The van der Waals surface area contributed by atoms with Crippen molar-refractivity contribution < 1.29 is 14.5 Å². The van der Waals surface area contributed by atoms with Crippen LogP contribution in [-0.4, -0.2) is 59.5 Å². The number of para-hydroxylation sites is 1. The van der Waals surface area contributed by atoms with E-state index in [4.69, 9.17) is 10.4 Å². The molecule has 3 heterocycles. The Balaban J connectivity index is 0.00000306. The van der Waals surface area contributed by atoms with Crippen LogP contribution in [0.2, 0.25) is 0 Å². The maximum absolute atomic E-state index is 13.0. The van der Waals surface area contributed by atoms with E-state index in [0.717, 1.165) is 19.4 Å². The Morgan fingerprint density at radius 2 is 2.12 bits per heavy atom. The fourth-order valence-corrected chi connectivity index (χ4v) is 3.74. The standard InChI is InChI=1S/C20H25N9O3.ClH/c1-12-7-5-6-10-28(12)11-15-17(23-27-29(15)19-18(21)25-32-26-19)20(31)24-22-13(2)14-8-3-4-9-16(14)30;/h3-4,8-9,12,30H,5-7,10-11H2,1-2H3,(H2,21,25)(H,24,31);1H/b22-13-;. The molecular weight excluding hydrogens is 450 g/mol. The van der Waals surface area contributed by atoms with Crippen molar-refractivity contribution in [2.75, 3.05) is 12.3 Å². The Bertz CT molecular complexity index is 1140. The van der Waals surface area contributed by atoms with Gasteiger partial charge in [-0.25, -0.2) is 10.1 Å². The molecule has 0 aliphatic carbocycles. The predicted octanol–water partition coefficient (Wildman–Crippen LogP) is 1.89. The van der Waals surface area contributed by atoms with Crippen molar-refractivity contribution in [1.82, 2.24) is 35.6 Å². The lowest BCUT2D eigenvalue weighted by Gasteiger charge is -2.33. The second-order valence-electron chi connectivity index (χ2n) is 7.74. The monoisotopic (exact) mass is 475 g/mol. The zero-order chi connectivity index (χ0) is 22.7. The SMILES string of the molecule is C/C(=N/NC(=O)c1nnn(-c2nonc2N)c1CN1CCCCC1C)c1ccccc1O.Cl. The topological polar surface area (TPSA) is 161 Å². The summed E-state index contributed by atoms with van der Waals surface area (Å²) in [6, 6.07) is 7.09. The number of likely N-dealkylation sites (tertiary alicyclic amines) is 1. The van der Waals surface area contributed by atoms with E-state index < -0.39 is 5.91 Å². The highest BCUT2D eigenvalue weighted by atomic mass is 35.5. The number of carbonyl (C=O) groups is 1. The summed E-state index contributed by atoms with van der Waals surface area (Å²) >= 11 is 0. The summed E-state index contributed by atoms with van der Waals surface area (Å²) in [7, 11) is 0. The number of halogens is 1. The Morgan fingerprint density at radius 1 is 1.33 bits per heavy atom. The molecule has 12 nitrogen and oxygen atoms in total. The van der Waals surface area contributed by atoms with Gasteiger partial charge in [0.1, 0.15) is 5.75 Å². The average Bonchev–Trinajstić information content (AvgIpc) is 3.39. The molecule has 1 aliphatic heterocycles. The van der Waals surface area contributed by atoms with Crippen molar-refractivity contribution in [3.05, 3.63) is 41.2 Å². The van der Waals surface area contributed by atoms with Crippen LogP contribution in [-0.2, 0) is 6.54 Å². The minimum Gasteiger partial charge on any atom is -0.507 e. The summed E-state index contributed by atoms with van der Waals surface area (Å²) in [5.41, 5.74) is 9.91. The lowest BCUT2D eigenvalue weighted by atomic mass is 10.0. The molecule has 3 aromatic rings. The predicted molar refractivity (Wildman–Crippen MR) is 122 cm³/mol. The summed E-state index contributed by atoms with van der Waals surface area (Å²) in [6.45, 7) is 5.15. The molecule has 33 heavy (non-hydrogen) atoms. The lowest BCUT2D eigenvalue weighted by Crippen LogP contribution is -2.38. The molecule has 4 N–H and O–H groups in total. The van der Waals surface area contributed by atoms with Gasteiger partial charge < -0.3 is 10.8 Å². The Hall–Kier alpha value is -3.51. The Labute approximate surface area is 196 Å². The molecule has 1 amide bonds. The summed E-state index contributed by atoms with van der Waals surface area (Å²) in [5, 5.41) is 29.6. The molecule has 0 bridgehead atoms. The van der Waals surface area contributed by atoms with Gasteiger partial charge >= 0.3 is 0 Å². The van der Waals surface area contributed by atoms with E-state index in [0.29, 0.717) is 29.6 Å². The molecule has 2 aromatic heterocycles. The molecule has 1 aliphatic rings. The Kier molecular flexibility index (Phi) is 7.61. The number of nitrogens with two attached hydrogens (primary N) is 1. The van der Waals surface area contributed by atoms with Crippen molar-refractivity contribution in [2.24, 2.45) is 5.10 Å². The van der Waals surface area contributed by atoms with Crippen LogP contribution >= 0.6 is 12.4 Å². The van der Waals surface area contributed by atoms with Gasteiger partial charge in [0.25, 0.3) is 5.91 Å². The largest absolute Gasteiger partial charge is 0.507 e. The molecule has 1 unspecified atom stereocenters. The number of nitrogen functional groups attached to an aromatic ring is 1. The minimum absolute atomic E-state index is 0. The molecule has 1 atom stereocenters. The smallest absolute Gasteiger partial charge is 0.293 e. The first kappa shape index (κ1) is 24.1. The number of hydrazone groups is 1. The molecule has 1 fully saturated rings. The van der Waals surface area contributed by atoms with Crippen LogP contribution in [0.15, 0.2) is 34.0 Å². The molecule has 176 valence electrons. The third-order valence-electron chi connectivity index (χ3n) is 5.59. The number of phenols is 1. The van der Waals surface area contributed by atoms with Gasteiger partial charge in [0.15, 0.2) is 5.69 Å². The molecule has 1 aromatic carbocycles. The third kappa shape index (κ3) is 5.12. The number of anilines is 1. The molecule has 0 spiro atoms. The number of amides is 1. The van der Waals surface area contributed by atoms with E-state index in [2.05, 4.69) is 43.0 Å². The van der Waals surface area contributed by atoms with E-state index in [1.807, 2.05) is 0 Å². The van der Waals surface area contributed by atoms with E-state index in [9.17, 15) is 9.90 Å². The van der Waals surface area contributed by atoms with Gasteiger partial charge in [-0.2, -0.15) is 9.78 Å². The summed E-state index contributed by atoms with van der Waals surface area (Å²) in [6.07, 6.45) is 3.31. The number of aromatic hydroxyl groups is 1. The van der Waals surface area contributed by atoms with Gasteiger partial charge in [-0.3, -0.25) is 9.69 Å². The summed E-state index contributed by atoms with van der Waals surface area (Å²) < 4.78 is 6.08. The number of nitrogens with zero attached hydrogens (tertiary/aromatic N) is 7. The summed E-state index contributed by atoms with van der Waals surface area (Å²) in [5.74, 6) is -0.253. The number of benzene rings is 1. The van der Waals surface area contributed by atoms with Gasteiger partial charge in [0.05, 0.1) is 11.4 Å². The normalized spacial score (nSPS) is 16.9. The van der Waals surface area contributed by atoms with E-state index in [1.54, 1.807) is 31.2 Å². The van der Waals surface area contributed by atoms with Crippen LogP contribution in [0.3, 0.4) is 0 Å². The molecule has 0 saturated carbocycles. The molecule has 13 heteroatoms. The van der Waals surface area contributed by atoms with E-state index >= 15 is 0 Å². The van der Waals surface area contributed by atoms with Crippen molar-refractivity contribution in [3.8, 4) is 11.6 Å². The second kappa shape index (κ2) is 10.4. The molecule has 4 rings (SSSR count). The first-order valence-electron chi connectivity index (χ1n) is 10.4. The molecule has 0 radical (unpaired) electrons. The van der Waals surface area contributed by atoms with Crippen molar-refractivity contribution >= 4 is 29.8 Å². The minimum atomic E-state index is -0.541. The zero-order valence-electron chi connectivity index (χ0n) is 18.3. The lowest BCUT2D eigenvalue weighted by molar-refractivity contribution is 0.0944. The van der Waals surface area contributed by atoms with Gasteiger partial charge in [0, 0.05) is 18.2 Å². The first-order valence-corrected chi connectivity index (χ1v) is 10.4. The fourth-order valence-electron chi connectivity index (χ4n) is 3.74. The van der Waals surface area contributed by atoms with Crippen LogP contribution in [0.5, 0.6) is 5.75 Å². The van der Waals surface area contributed by atoms with Crippen molar-refractivity contribution in [1.29, 1.82) is 0 Å². The van der Waals surface area contributed by atoms with E-state index in [1.165, 1.54) is 11.1 Å². The van der Waals surface area contributed by atoms with Crippen LogP contribution in [0.4, 0.5) is 5.82 Å². The van der Waals surface area contributed by atoms with Gasteiger partial charge in [-0.15, -0.1) is 17.5 Å². The third-order valence-corrected chi connectivity index (χ3v) is 5.59. The second-order valence-corrected chi connectivity index (χ2v) is 7.74. The number of rotatable bonds is 6. The highest BCUT2D eigenvalue weighted by Gasteiger charge is 2.28. The number of hydrogen-bond acceptors (Lipinski definition) is 10. The number of aromatic nitrogens is 5. The van der Waals surface area contributed by atoms with Crippen LogP contribution in [0.1, 0.15) is 54.9 Å². The molecular formula is C20H26ClN9O3. The summed E-state index contributed by atoms with van der Waals surface area (Å²) in [4.78, 5) is 15.2. The Morgan fingerprint density at radius 3 is 2.82 bits per heavy atom. The molecule has 1 saturated heterocycles. The quantitative estimate of drug-likeness (QED) is 0.357. The van der Waals surface area contributed by atoms with Crippen LogP contribution < -0.4 is 11.2 Å². The highest BCUT2D eigenvalue weighted by Crippen LogP contribution is 2.23. The number of carbonyl (C=O) groups excluding carboxylic acids is 1. The number of piperidine rings is 1. The van der Waals surface area contributed by atoms with Crippen LogP contribution in [0.25, 0.3) is 5.82 Å². The van der Waals surface area contributed by atoms with E-state index in [-0.39, 0.29) is 35.5 Å². The maximum atomic E-state index is 13.0. The van der Waals surface area contributed by atoms with Gasteiger partial charge in [-0.1, -0.05) is 23.8 Å². The highest BCUT2D eigenvalue weighted by molar-refractivity contribution is 6.02.